The van der Waals surface area contributed by atoms with Gasteiger partial charge in [0.1, 0.15) is 6.04 Å². The van der Waals surface area contributed by atoms with Gasteiger partial charge < -0.3 is 10.0 Å². The molecule has 0 aliphatic carbocycles. The Labute approximate surface area is 76.7 Å². The van der Waals surface area contributed by atoms with Crippen LogP contribution in [0.5, 0.6) is 0 Å². The first kappa shape index (κ1) is 9.98. The summed E-state index contributed by atoms with van der Waals surface area (Å²) in [4.78, 5) is 23.4. The minimum Gasteiger partial charge on any atom is -0.480 e. The Morgan fingerprint density at radius 3 is 2.23 bits per heavy atom. The molecule has 2 N–H and O–H groups in total. The molecular weight excluding hydrogens is 172 g/mol. The molecule has 1 rings (SSSR count). The molecule has 13 heavy (non-hydrogen) atoms. The Kier molecular flexibility index (Phi) is 2.87. The molecule has 0 aromatic rings. The lowest BCUT2D eigenvalue weighted by Gasteiger charge is -2.16. The minimum atomic E-state index is -0.881. The first-order chi connectivity index (χ1) is 6.02. The highest BCUT2D eigenvalue weighted by Crippen LogP contribution is 2.13. The summed E-state index contributed by atoms with van der Waals surface area (Å²) in [5.41, 5.74) is 0. The Morgan fingerprint density at radius 1 is 1.31 bits per heavy atom. The molecule has 0 spiro atoms. The fourth-order valence-corrected chi connectivity index (χ4v) is 1.44. The van der Waals surface area contributed by atoms with Crippen LogP contribution in [0.2, 0.25) is 0 Å². The van der Waals surface area contributed by atoms with Gasteiger partial charge in [-0.25, -0.2) is 0 Å². The summed E-state index contributed by atoms with van der Waals surface area (Å²) in [5, 5.41) is 11.4. The van der Waals surface area contributed by atoms with Crippen molar-refractivity contribution in [3.63, 3.8) is 0 Å². The predicted octanol–water partition coefficient (Wildman–Crippen LogP) is -0.720. The number of nitrogens with one attached hydrogen (secondary N) is 1. The monoisotopic (exact) mass is 186 g/mol. The number of carbonyl (C=O) groups is 2. The third kappa shape index (κ3) is 2.18. The third-order valence-electron chi connectivity index (χ3n) is 2.18. The summed E-state index contributed by atoms with van der Waals surface area (Å²) in [6.45, 7) is 0. The third-order valence-corrected chi connectivity index (χ3v) is 2.18. The van der Waals surface area contributed by atoms with Gasteiger partial charge in [0.2, 0.25) is 5.91 Å². The van der Waals surface area contributed by atoms with Crippen molar-refractivity contribution < 1.29 is 14.7 Å². The van der Waals surface area contributed by atoms with Crippen molar-refractivity contribution in [1.82, 2.24) is 10.2 Å². The van der Waals surface area contributed by atoms with E-state index in [1.807, 2.05) is 0 Å². The second kappa shape index (κ2) is 3.74. The van der Waals surface area contributed by atoms with E-state index in [-0.39, 0.29) is 11.9 Å². The summed E-state index contributed by atoms with van der Waals surface area (Å²) in [6, 6.07) is -0.884. The maximum absolute atomic E-state index is 11.4. The van der Waals surface area contributed by atoms with Crippen LogP contribution >= 0.6 is 0 Å². The number of amides is 1. The lowest BCUT2D eigenvalue weighted by molar-refractivity contribution is -0.139. The molecule has 1 aliphatic heterocycles. The molecule has 5 nitrogen and oxygen atoms in total. The van der Waals surface area contributed by atoms with Crippen molar-refractivity contribution in [3.05, 3.63) is 0 Å². The maximum Gasteiger partial charge on any atom is 0.320 e. The molecule has 0 saturated carbocycles. The van der Waals surface area contributed by atoms with E-state index in [0.717, 1.165) is 0 Å². The quantitative estimate of drug-likeness (QED) is 0.597. The Morgan fingerprint density at radius 2 is 1.85 bits per heavy atom. The van der Waals surface area contributed by atoms with E-state index in [1.54, 1.807) is 14.1 Å². The first-order valence-electron chi connectivity index (χ1n) is 4.22. The molecule has 0 radical (unpaired) electrons. The van der Waals surface area contributed by atoms with Gasteiger partial charge >= 0.3 is 5.97 Å². The summed E-state index contributed by atoms with van der Waals surface area (Å²) in [6.07, 6.45) is 1.13. The highest BCUT2D eigenvalue weighted by atomic mass is 16.4. The largest absolute Gasteiger partial charge is 0.480 e. The van der Waals surface area contributed by atoms with Crippen molar-refractivity contribution >= 4 is 11.9 Å². The van der Waals surface area contributed by atoms with Crippen LogP contribution in [0.25, 0.3) is 0 Å². The smallest absolute Gasteiger partial charge is 0.320 e. The molecule has 2 atom stereocenters. The van der Waals surface area contributed by atoms with Crippen LogP contribution in [0, 0.1) is 0 Å². The second-order valence-corrected chi connectivity index (χ2v) is 3.42. The number of carbonyl (C=O) groups excluding carboxylic acids is 1. The second-order valence-electron chi connectivity index (χ2n) is 3.42. The summed E-state index contributed by atoms with van der Waals surface area (Å²) in [7, 11) is 3.33. The molecule has 0 aromatic carbocycles. The van der Waals surface area contributed by atoms with Gasteiger partial charge in [0, 0.05) is 14.1 Å². The number of hydrogen-bond acceptors (Lipinski definition) is 3. The first-order valence-corrected chi connectivity index (χ1v) is 4.22. The highest BCUT2D eigenvalue weighted by molar-refractivity contribution is 5.84. The van der Waals surface area contributed by atoms with Crippen LogP contribution in [0.1, 0.15) is 12.8 Å². The van der Waals surface area contributed by atoms with Crippen molar-refractivity contribution in [2.45, 2.75) is 24.9 Å². The molecule has 1 heterocycles. The van der Waals surface area contributed by atoms with E-state index in [1.165, 1.54) is 4.90 Å². The molecule has 0 unspecified atom stereocenters. The van der Waals surface area contributed by atoms with Crippen molar-refractivity contribution in [2.75, 3.05) is 14.1 Å². The van der Waals surface area contributed by atoms with Crippen molar-refractivity contribution in [2.24, 2.45) is 0 Å². The zero-order valence-corrected chi connectivity index (χ0v) is 7.78. The predicted molar refractivity (Wildman–Crippen MR) is 46.3 cm³/mol. The average molecular weight is 186 g/mol. The van der Waals surface area contributed by atoms with E-state index < -0.39 is 12.0 Å². The lowest BCUT2D eigenvalue weighted by atomic mass is 10.2. The van der Waals surface area contributed by atoms with Crippen LogP contribution in [0.15, 0.2) is 0 Å². The van der Waals surface area contributed by atoms with Gasteiger partial charge in [0.25, 0.3) is 0 Å². The van der Waals surface area contributed by atoms with Gasteiger partial charge in [-0.15, -0.1) is 0 Å². The number of carboxylic acid groups (broad SMARTS) is 1. The Bertz CT molecular complexity index is 227. The lowest BCUT2D eigenvalue weighted by Crippen LogP contribution is -2.44. The topological polar surface area (TPSA) is 69.6 Å². The van der Waals surface area contributed by atoms with Gasteiger partial charge in [0.05, 0.1) is 6.04 Å². The molecule has 0 bridgehead atoms. The van der Waals surface area contributed by atoms with Crippen LogP contribution in [-0.2, 0) is 9.59 Å². The summed E-state index contributed by atoms with van der Waals surface area (Å²) >= 11 is 0. The zero-order valence-electron chi connectivity index (χ0n) is 7.78. The molecule has 1 aliphatic rings. The molecule has 5 heteroatoms. The van der Waals surface area contributed by atoms with Crippen LogP contribution in [-0.4, -0.2) is 48.1 Å². The number of likely N-dealkylation sites (N-methyl/N-ethyl adjacent to an activating group) is 1. The van der Waals surface area contributed by atoms with E-state index in [0.29, 0.717) is 12.8 Å². The molecule has 74 valence electrons. The number of aliphatic carboxylic acids is 1. The zero-order chi connectivity index (χ0) is 10.0. The Balaban J connectivity index is 2.50. The molecule has 0 aromatic heterocycles. The normalized spacial score (nSPS) is 27.2. The Hall–Kier alpha value is -1.10. The van der Waals surface area contributed by atoms with E-state index in [2.05, 4.69) is 5.32 Å². The fourth-order valence-electron chi connectivity index (χ4n) is 1.44. The van der Waals surface area contributed by atoms with Gasteiger partial charge in [-0.2, -0.15) is 0 Å². The molecular formula is C8H14N2O3. The van der Waals surface area contributed by atoms with Gasteiger partial charge in [-0.1, -0.05) is 0 Å². The number of nitrogens with zero attached hydrogens (tertiary/aromatic N) is 1. The van der Waals surface area contributed by atoms with Crippen molar-refractivity contribution in [1.29, 1.82) is 0 Å². The summed E-state index contributed by atoms with van der Waals surface area (Å²) in [5.74, 6) is -0.933. The standard InChI is InChI=1S/C8H14N2O3/c1-10(2)7(11)5-3-4-6(9-5)8(12)13/h5-6,9H,3-4H2,1-2H3,(H,12,13)/t5-,6-/m1/s1. The minimum absolute atomic E-state index is 0.0521. The number of rotatable bonds is 2. The SMILES string of the molecule is CN(C)C(=O)[C@H]1CC[C@H](C(=O)O)N1. The van der Waals surface area contributed by atoms with Gasteiger partial charge in [0.15, 0.2) is 0 Å². The van der Waals surface area contributed by atoms with Crippen LogP contribution < -0.4 is 5.32 Å². The van der Waals surface area contributed by atoms with Gasteiger partial charge in [-0.05, 0) is 12.8 Å². The average Bonchev–Trinajstić information content (AvgIpc) is 2.50. The molecule has 1 saturated heterocycles. The maximum atomic E-state index is 11.4. The fraction of sp³-hybridized carbons (Fsp3) is 0.750. The van der Waals surface area contributed by atoms with Gasteiger partial charge in [-0.3, -0.25) is 14.9 Å². The van der Waals surface area contributed by atoms with E-state index >= 15 is 0 Å². The van der Waals surface area contributed by atoms with Crippen LogP contribution in [0.3, 0.4) is 0 Å². The van der Waals surface area contributed by atoms with E-state index in [9.17, 15) is 9.59 Å². The van der Waals surface area contributed by atoms with Crippen LogP contribution in [0.4, 0.5) is 0 Å². The molecule has 1 fully saturated rings. The van der Waals surface area contributed by atoms with Crippen molar-refractivity contribution in [3.8, 4) is 0 Å². The summed E-state index contributed by atoms with van der Waals surface area (Å²) < 4.78 is 0. The van der Waals surface area contributed by atoms with E-state index in [4.69, 9.17) is 5.11 Å². The number of carboxylic acids is 1. The molecule has 1 amide bonds. The number of hydrogen-bond donors (Lipinski definition) is 2. The highest BCUT2D eigenvalue weighted by Gasteiger charge is 2.33.